The summed E-state index contributed by atoms with van der Waals surface area (Å²) >= 11 is 0. The fourth-order valence-corrected chi connectivity index (χ4v) is 4.68. The Kier molecular flexibility index (Phi) is 5.22. The van der Waals surface area contributed by atoms with Crippen molar-refractivity contribution in [3.63, 3.8) is 0 Å². The zero-order valence-electron chi connectivity index (χ0n) is 16.3. The molecule has 0 aliphatic carbocycles. The number of carbonyl (C=O) groups excluding carboxylic acids is 2. The van der Waals surface area contributed by atoms with Crippen LogP contribution in [-0.4, -0.2) is 59.5 Å². The number of piperidine rings is 1. The highest BCUT2D eigenvalue weighted by atomic mass is 16.5. The minimum atomic E-state index is -0.271. The number of amides is 2. The summed E-state index contributed by atoms with van der Waals surface area (Å²) in [4.78, 5) is 29.3. The average Bonchev–Trinajstić information content (AvgIpc) is 3.38. The normalized spacial score (nSPS) is 24.6. The Labute approximate surface area is 161 Å². The quantitative estimate of drug-likeness (QED) is 0.822. The van der Waals surface area contributed by atoms with Crippen LogP contribution in [0.1, 0.15) is 61.4 Å². The van der Waals surface area contributed by atoms with Crippen LogP contribution in [0, 0.1) is 0 Å². The van der Waals surface area contributed by atoms with E-state index >= 15 is 0 Å². The summed E-state index contributed by atoms with van der Waals surface area (Å²) in [5.74, 6) is 0.286. The second-order valence-corrected chi connectivity index (χ2v) is 8.20. The van der Waals surface area contributed by atoms with Crippen LogP contribution in [0.25, 0.3) is 0 Å². The number of nitrogens with zero attached hydrogens (tertiary/aromatic N) is 2. The minimum Gasteiger partial charge on any atom is -0.362 e. The van der Waals surface area contributed by atoms with Gasteiger partial charge in [0.25, 0.3) is 11.8 Å². The van der Waals surface area contributed by atoms with Crippen molar-refractivity contribution < 1.29 is 14.3 Å². The van der Waals surface area contributed by atoms with E-state index in [0.717, 1.165) is 63.6 Å². The summed E-state index contributed by atoms with van der Waals surface area (Å²) < 4.78 is 6.30. The molecule has 3 fully saturated rings. The topological polar surface area (TPSA) is 49.9 Å². The molecule has 3 saturated heterocycles. The smallest absolute Gasteiger partial charge is 0.253 e. The maximum absolute atomic E-state index is 12.8. The summed E-state index contributed by atoms with van der Waals surface area (Å²) in [5.41, 5.74) is 1.80. The lowest BCUT2D eigenvalue weighted by Gasteiger charge is -2.39. The van der Waals surface area contributed by atoms with Gasteiger partial charge in [0.15, 0.2) is 0 Å². The molecule has 1 aromatic carbocycles. The van der Waals surface area contributed by atoms with Gasteiger partial charge >= 0.3 is 0 Å². The minimum absolute atomic E-state index is 0.107. The van der Waals surface area contributed by atoms with Crippen molar-refractivity contribution in [2.45, 2.75) is 63.6 Å². The molecular formula is C22H30N2O3. The number of carbonyl (C=O) groups is 2. The van der Waals surface area contributed by atoms with Gasteiger partial charge in [0.05, 0.1) is 5.60 Å². The number of ether oxygens (including phenoxy) is 1. The molecule has 146 valence electrons. The van der Waals surface area contributed by atoms with E-state index in [9.17, 15) is 9.59 Å². The first-order valence-corrected chi connectivity index (χ1v) is 10.4. The number of rotatable bonds is 3. The van der Waals surface area contributed by atoms with Gasteiger partial charge in [0, 0.05) is 31.7 Å². The van der Waals surface area contributed by atoms with E-state index in [1.807, 2.05) is 34.1 Å². The van der Waals surface area contributed by atoms with Crippen LogP contribution >= 0.6 is 0 Å². The average molecular weight is 370 g/mol. The fourth-order valence-electron chi connectivity index (χ4n) is 4.68. The van der Waals surface area contributed by atoms with E-state index in [1.54, 1.807) is 0 Å². The van der Waals surface area contributed by atoms with Gasteiger partial charge in [-0.25, -0.2) is 0 Å². The highest BCUT2D eigenvalue weighted by molar-refractivity contribution is 5.94. The molecule has 27 heavy (non-hydrogen) atoms. The van der Waals surface area contributed by atoms with Crippen molar-refractivity contribution >= 4 is 11.8 Å². The Morgan fingerprint density at radius 1 is 1.00 bits per heavy atom. The van der Waals surface area contributed by atoms with E-state index in [1.165, 1.54) is 5.56 Å². The predicted molar refractivity (Wildman–Crippen MR) is 104 cm³/mol. The second kappa shape index (κ2) is 7.63. The lowest BCUT2D eigenvalue weighted by molar-refractivity contribution is -0.149. The third-order valence-electron chi connectivity index (χ3n) is 6.52. The van der Waals surface area contributed by atoms with Crippen molar-refractivity contribution in [1.29, 1.82) is 0 Å². The molecule has 1 spiro atoms. The van der Waals surface area contributed by atoms with Gasteiger partial charge in [-0.05, 0) is 62.6 Å². The molecule has 0 radical (unpaired) electrons. The summed E-state index contributed by atoms with van der Waals surface area (Å²) in [6, 6.07) is 7.94. The first-order valence-electron chi connectivity index (χ1n) is 10.4. The van der Waals surface area contributed by atoms with Crippen LogP contribution in [0.5, 0.6) is 0 Å². The Morgan fingerprint density at radius 2 is 1.67 bits per heavy atom. The van der Waals surface area contributed by atoms with Crippen LogP contribution < -0.4 is 0 Å². The van der Waals surface area contributed by atoms with Gasteiger partial charge in [0.1, 0.15) is 6.10 Å². The Bertz CT molecular complexity index is 686. The number of hydrogen-bond donors (Lipinski definition) is 0. The molecular weight excluding hydrogens is 340 g/mol. The maximum atomic E-state index is 12.8. The molecule has 0 saturated carbocycles. The molecule has 1 aromatic rings. The molecule has 1 atom stereocenters. The van der Waals surface area contributed by atoms with E-state index in [-0.39, 0.29) is 23.5 Å². The number of benzene rings is 1. The van der Waals surface area contributed by atoms with Crippen LogP contribution in [0.3, 0.4) is 0 Å². The van der Waals surface area contributed by atoms with Crippen LogP contribution in [0.15, 0.2) is 24.3 Å². The molecule has 3 aliphatic heterocycles. The molecule has 3 aliphatic rings. The molecule has 0 aromatic heterocycles. The van der Waals surface area contributed by atoms with Gasteiger partial charge in [-0.1, -0.05) is 19.1 Å². The summed E-state index contributed by atoms with van der Waals surface area (Å²) in [6.07, 6.45) is 6.35. The number of aryl methyl sites for hydroxylation is 1. The first kappa shape index (κ1) is 18.5. The zero-order valence-corrected chi connectivity index (χ0v) is 16.3. The van der Waals surface area contributed by atoms with Crippen LogP contribution in [-0.2, 0) is 16.0 Å². The van der Waals surface area contributed by atoms with Gasteiger partial charge in [0.2, 0.25) is 0 Å². The van der Waals surface area contributed by atoms with Crippen molar-refractivity contribution in [1.82, 2.24) is 9.80 Å². The third kappa shape index (κ3) is 3.75. The zero-order chi connectivity index (χ0) is 18.9. The predicted octanol–water partition coefficient (Wildman–Crippen LogP) is 3.03. The lowest BCUT2D eigenvalue weighted by atomic mass is 9.88. The molecule has 2 amide bonds. The summed E-state index contributed by atoms with van der Waals surface area (Å²) in [5, 5.41) is 0. The van der Waals surface area contributed by atoms with Gasteiger partial charge in [-0.2, -0.15) is 0 Å². The Hall–Kier alpha value is -1.88. The highest BCUT2D eigenvalue weighted by Gasteiger charge is 2.46. The molecule has 0 N–H and O–H groups in total. The third-order valence-corrected chi connectivity index (χ3v) is 6.52. The van der Waals surface area contributed by atoms with Crippen LogP contribution in [0.2, 0.25) is 0 Å². The Morgan fingerprint density at radius 3 is 2.30 bits per heavy atom. The molecule has 5 heteroatoms. The molecule has 0 bridgehead atoms. The van der Waals surface area contributed by atoms with E-state index < -0.39 is 0 Å². The highest BCUT2D eigenvalue weighted by Crippen LogP contribution is 2.39. The number of likely N-dealkylation sites (tertiary alicyclic amines) is 2. The summed E-state index contributed by atoms with van der Waals surface area (Å²) in [6.45, 7) is 5.29. The second-order valence-electron chi connectivity index (χ2n) is 8.20. The van der Waals surface area contributed by atoms with Gasteiger partial charge in [-0.15, -0.1) is 0 Å². The van der Waals surface area contributed by atoms with Crippen molar-refractivity contribution in [3.8, 4) is 0 Å². The standard InChI is InChI=1S/C22H30N2O3/c1-2-17-5-7-18(8-6-17)20(25)24-15-11-22(12-16-24)10-9-19(27-22)21(26)23-13-3-4-14-23/h5-8,19H,2-4,9-16H2,1H3. The monoisotopic (exact) mass is 370 g/mol. The largest absolute Gasteiger partial charge is 0.362 e. The molecule has 1 unspecified atom stereocenters. The maximum Gasteiger partial charge on any atom is 0.253 e. The van der Waals surface area contributed by atoms with Gasteiger partial charge in [-0.3, -0.25) is 9.59 Å². The SMILES string of the molecule is CCc1ccc(C(=O)N2CCC3(CCC(C(=O)N4CCCC4)O3)CC2)cc1. The summed E-state index contributed by atoms with van der Waals surface area (Å²) in [7, 11) is 0. The number of hydrogen-bond acceptors (Lipinski definition) is 3. The van der Waals surface area contributed by atoms with Crippen LogP contribution in [0.4, 0.5) is 0 Å². The molecule has 5 nitrogen and oxygen atoms in total. The van der Waals surface area contributed by atoms with Gasteiger partial charge < -0.3 is 14.5 Å². The van der Waals surface area contributed by atoms with Crippen molar-refractivity contribution in [2.24, 2.45) is 0 Å². The Balaban J connectivity index is 1.33. The lowest BCUT2D eigenvalue weighted by Crippen LogP contribution is -2.47. The molecule has 4 rings (SSSR count). The van der Waals surface area contributed by atoms with E-state index in [0.29, 0.717) is 13.1 Å². The first-order chi connectivity index (χ1) is 13.1. The fraction of sp³-hybridized carbons (Fsp3) is 0.636. The van der Waals surface area contributed by atoms with E-state index in [2.05, 4.69) is 6.92 Å². The van der Waals surface area contributed by atoms with Crippen molar-refractivity contribution in [2.75, 3.05) is 26.2 Å². The van der Waals surface area contributed by atoms with E-state index in [4.69, 9.17) is 4.74 Å². The molecule has 3 heterocycles. The van der Waals surface area contributed by atoms with Crippen molar-refractivity contribution in [3.05, 3.63) is 35.4 Å².